The molecular formula is C17H19FN2O. The fourth-order valence-corrected chi connectivity index (χ4v) is 1.86. The number of ether oxygens (including phenoxy) is 1. The van der Waals surface area contributed by atoms with Gasteiger partial charge in [-0.25, -0.2) is 9.37 Å². The van der Waals surface area contributed by atoms with Gasteiger partial charge in [-0.3, -0.25) is 0 Å². The van der Waals surface area contributed by atoms with Gasteiger partial charge in [0.25, 0.3) is 0 Å². The maximum absolute atomic E-state index is 13.2. The summed E-state index contributed by atoms with van der Waals surface area (Å²) in [6.07, 6.45) is 5.07. The summed E-state index contributed by atoms with van der Waals surface area (Å²) < 4.78 is 18.8. The van der Waals surface area contributed by atoms with E-state index in [4.69, 9.17) is 4.74 Å². The summed E-state index contributed by atoms with van der Waals surface area (Å²) >= 11 is 0. The molecule has 0 saturated heterocycles. The zero-order valence-corrected chi connectivity index (χ0v) is 12.1. The van der Waals surface area contributed by atoms with Crippen LogP contribution in [0.5, 0.6) is 5.88 Å². The zero-order valence-electron chi connectivity index (χ0n) is 12.1. The molecule has 0 radical (unpaired) electrons. The fourth-order valence-electron chi connectivity index (χ4n) is 1.86. The molecule has 1 aromatic carbocycles. The first-order valence-corrected chi connectivity index (χ1v) is 6.99. The number of hydrogen-bond donors (Lipinski definition) is 1. The predicted molar refractivity (Wildman–Crippen MR) is 82.5 cm³/mol. The van der Waals surface area contributed by atoms with E-state index in [2.05, 4.69) is 10.3 Å². The largest absolute Gasteiger partial charge is 0.473 e. The van der Waals surface area contributed by atoms with Gasteiger partial charge >= 0.3 is 0 Å². The standard InChI is InChI=1S/C17H19FN2O/c1-2-19-12-15-11-16(18)13-20-17(15)21-10-6-9-14-7-4-3-5-8-14/h3-9,11,13,19H,2,10,12H2,1H3/b9-6+. The van der Waals surface area contributed by atoms with Gasteiger partial charge in [0.2, 0.25) is 5.88 Å². The molecule has 0 aliphatic rings. The lowest BCUT2D eigenvalue weighted by Crippen LogP contribution is -2.13. The van der Waals surface area contributed by atoms with Crippen LogP contribution in [0.3, 0.4) is 0 Å². The van der Waals surface area contributed by atoms with E-state index < -0.39 is 0 Å². The Labute approximate surface area is 124 Å². The molecule has 0 unspecified atom stereocenters. The Bertz CT molecular complexity index is 585. The van der Waals surface area contributed by atoms with E-state index in [1.54, 1.807) is 0 Å². The van der Waals surface area contributed by atoms with E-state index in [0.717, 1.165) is 17.7 Å². The minimum Gasteiger partial charge on any atom is -0.473 e. The SMILES string of the molecule is CCNCc1cc(F)cnc1OC/C=C/c1ccccc1. The molecule has 3 nitrogen and oxygen atoms in total. The number of pyridine rings is 1. The minimum absolute atomic E-state index is 0.352. The topological polar surface area (TPSA) is 34.2 Å². The summed E-state index contributed by atoms with van der Waals surface area (Å²) in [4.78, 5) is 4.00. The second kappa shape index (κ2) is 8.17. The summed E-state index contributed by atoms with van der Waals surface area (Å²) in [7, 11) is 0. The Balaban J connectivity index is 1.94. The summed E-state index contributed by atoms with van der Waals surface area (Å²) in [6.45, 7) is 3.74. The molecule has 21 heavy (non-hydrogen) atoms. The third kappa shape index (κ3) is 5.00. The highest BCUT2D eigenvalue weighted by Gasteiger charge is 2.06. The molecule has 0 amide bonds. The molecule has 0 fully saturated rings. The van der Waals surface area contributed by atoms with Gasteiger partial charge in [0, 0.05) is 12.1 Å². The number of halogens is 1. The monoisotopic (exact) mass is 286 g/mol. The lowest BCUT2D eigenvalue weighted by molar-refractivity contribution is 0.342. The van der Waals surface area contributed by atoms with Crippen LogP contribution in [-0.2, 0) is 6.54 Å². The second-order valence-corrected chi connectivity index (χ2v) is 4.52. The highest BCUT2D eigenvalue weighted by Crippen LogP contribution is 2.16. The van der Waals surface area contributed by atoms with Crippen molar-refractivity contribution in [1.82, 2.24) is 10.3 Å². The van der Waals surface area contributed by atoms with Crippen molar-refractivity contribution < 1.29 is 9.13 Å². The van der Waals surface area contributed by atoms with Crippen LogP contribution >= 0.6 is 0 Å². The molecule has 0 atom stereocenters. The Morgan fingerprint density at radius 3 is 2.86 bits per heavy atom. The normalized spacial score (nSPS) is 11.0. The Hall–Kier alpha value is -2.20. The van der Waals surface area contributed by atoms with E-state index in [-0.39, 0.29) is 5.82 Å². The van der Waals surface area contributed by atoms with Gasteiger partial charge in [-0.05, 0) is 24.3 Å². The van der Waals surface area contributed by atoms with E-state index in [9.17, 15) is 4.39 Å². The maximum atomic E-state index is 13.2. The predicted octanol–water partition coefficient (Wildman–Crippen LogP) is 3.42. The number of nitrogens with zero attached hydrogens (tertiary/aromatic N) is 1. The molecule has 4 heteroatoms. The smallest absolute Gasteiger partial charge is 0.218 e. The van der Waals surface area contributed by atoms with Crippen molar-refractivity contribution in [1.29, 1.82) is 0 Å². The molecule has 0 aliphatic heterocycles. The summed E-state index contributed by atoms with van der Waals surface area (Å²) in [6, 6.07) is 11.4. The van der Waals surface area contributed by atoms with Crippen molar-refractivity contribution in [3.05, 3.63) is 65.6 Å². The number of rotatable bonds is 7. The van der Waals surface area contributed by atoms with E-state index in [0.29, 0.717) is 19.0 Å². The highest BCUT2D eigenvalue weighted by atomic mass is 19.1. The average Bonchev–Trinajstić information content (AvgIpc) is 2.52. The van der Waals surface area contributed by atoms with Crippen LogP contribution in [0, 0.1) is 5.82 Å². The van der Waals surface area contributed by atoms with Gasteiger partial charge in [0.05, 0.1) is 6.20 Å². The van der Waals surface area contributed by atoms with E-state index >= 15 is 0 Å². The van der Waals surface area contributed by atoms with Crippen LogP contribution in [0.15, 0.2) is 48.7 Å². The van der Waals surface area contributed by atoms with Crippen LogP contribution in [-0.4, -0.2) is 18.1 Å². The quantitative estimate of drug-likeness (QED) is 0.847. The van der Waals surface area contributed by atoms with Gasteiger partial charge in [0.15, 0.2) is 0 Å². The molecule has 2 rings (SSSR count). The maximum Gasteiger partial charge on any atom is 0.218 e. The van der Waals surface area contributed by atoms with Gasteiger partial charge in [0.1, 0.15) is 12.4 Å². The first-order valence-electron chi connectivity index (χ1n) is 6.99. The van der Waals surface area contributed by atoms with Crippen molar-refractivity contribution >= 4 is 6.08 Å². The Kier molecular flexibility index (Phi) is 5.91. The van der Waals surface area contributed by atoms with Gasteiger partial charge in [-0.15, -0.1) is 0 Å². The molecule has 0 bridgehead atoms. The van der Waals surface area contributed by atoms with Gasteiger partial charge in [-0.1, -0.05) is 43.3 Å². The highest BCUT2D eigenvalue weighted by molar-refractivity contribution is 5.48. The second-order valence-electron chi connectivity index (χ2n) is 4.52. The Morgan fingerprint density at radius 2 is 2.10 bits per heavy atom. The van der Waals surface area contributed by atoms with Crippen LogP contribution < -0.4 is 10.1 Å². The molecule has 1 N–H and O–H groups in total. The van der Waals surface area contributed by atoms with Gasteiger partial charge in [-0.2, -0.15) is 0 Å². The van der Waals surface area contributed by atoms with Gasteiger partial charge < -0.3 is 10.1 Å². The number of aromatic nitrogens is 1. The number of nitrogens with one attached hydrogen (secondary N) is 1. The first kappa shape index (κ1) is 15.2. The molecule has 1 heterocycles. The zero-order chi connectivity index (χ0) is 14.9. The van der Waals surface area contributed by atoms with Crippen molar-refractivity contribution in [3.8, 4) is 5.88 Å². The van der Waals surface area contributed by atoms with Crippen molar-refractivity contribution in [3.63, 3.8) is 0 Å². The molecule has 0 saturated carbocycles. The van der Waals surface area contributed by atoms with E-state index in [1.165, 1.54) is 12.3 Å². The third-order valence-electron chi connectivity index (χ3n) is 2.88. The molecule has 0 aliphatic carbocycles. The third-order valence-corrected chi connectivity index (χ3v) is 2.88. The summed E-state index contributed by atoms with van der Waals surface area (Å²) in [5, 5.41) is 3.14. The average molecular weight is 286 g/mol. The van der Waals surface area contributed by atoms with Crippen LogP contribution in [0.4, 0.5) is 4.39 Å². The van der Waals surface area contributed by atoms with Crippen LogP contribution in [0.1, 0.15) is 18.1 Å². The molecule has 1 aromatic heterocycles. The number of benzene rings is 1. The molecule has 0 spiro atoms. The summed E-state index contributed by atoms with van der Waals surface area (Å²) in [5.41, 5.74) is 1.84. The number of hydrogen-bond acceptors (Lipinski definition) is 3. The van der Waals surface area contributed by atoms with Crippen molar-refractivity contribution in [2.75, 3.05) is 13.2 Å². The lowest BCUT2D eigenvalue weighted by atomic mass is 10.2. The minimum atomic E-state index is -0.352. The Morgan fingerprint density at radius 1 is 1.29 bits per heavy atom. The van der Waals surface area contributed by atoms with E-state index in [1.807, 2.05) is 49.4 Å². The van der Waals surface area contributed by atoms with Crippen molar-refractivity contribution in [2.24, 2.45) is 0 Å². The summed E-state index contributed by atoms with van der Waals surface area (Å²) in [5.74, 6) is 0.116. The molecular weight excluding hydrogens is 267 g/mol. The van der Waals surface area contributed by atoms with Crippen molar-refractivity contribution in [2.45, 2.75) is 13.5 Å². The van der Waals surface area contributed by atoms with Crippen LogP contribution in [0.25, 0.3) is 6.08 Å². The van der Waals surface area contributed by atoms with Crippen LogP contribution in [0.2, 0.25) is 0 Å². The molecule has 110 valence electrons. The first-order chi connectivity index (χ1) is 10.3. The molecule has 2 aromatic rings. The lowest BCUT2D eigenvalue weighted by Gasteiger charge is -2.09. The fraction of sp³-hybridized carbons (Fsp3) is 0.235.